The maximum atomic E-state index is 5.40. The highest BCUT2D eigenvalue weighted by Gasteiger charge is 2.02. The highest BCUT2D eigenvalue weighted by molar-refractivity contribution is 5.57. The molecule has 0 saturated carbocycles. The molecule has 1 aromatic carbocycles. The van der Waals surface area contributed by atoms with Crippen LogP contribution in [0.5, 0.6) is 5.95 Å². The molecule has 13 heavy (non-hydrogen) atoms. The van der Waals surface area contributed by atoms with Crippen molar-refractivity contribution < 1.29 is 9.15 Å². The Bertz CT molecular complexity index is 376. The van der Waals surface area contributed by atoms with Crippen molar-refractivity contribution in [2.75, 3.05) is 7.11 Å². The van der Waals surface area contributed by atoms with Gasteiger partial charge in [-0.15, -0.1) is 0 Å². The van der Waals surface area contributed by atoms with E-state index in [4.69, 9.17) is 9.15 Å². The third-order valence-electron chi connectivity index (χ3n) is 1.84. The second-order valence-electron chi connectivity index (χ2n) is 2.69. The molecule has 0 unspecified atom stereocenters. The van der Waals surface area contributed by atoms with E-state index >= 15 is 0 Å². The summed E-state index contributed by atoms with van der Waals surface area (Å²) < 4.78 is 10.3. The van der Waals surface area contributed by atoms with Gasteiger partial charge in [-0.25, -0.2) is 0 Å². The number of rotatable bonds is 2. The van der Waals surface area contributed by atoms with Gasteiger partial charge in [-0.3, -0.25) is 0 Å². The minimum absolute atomic E-state index is 0.541. The fourth-order valence-corrected chi connectivity index (χ4v) is 1.19. The number of hydrogen-bond donors (Lipinski definition) is 0. The maximum Gasteiger partial charge on any atom is 0.284 e. The van der Waals surface area contributed by atoms with Crippen LogP contribution >= 0.6 is 0 Å². The summed E-state index contributed by atoms with van der Waals surface area (Å²) in [5.41, 5.74) is 1.06. The molecule has 0 atom stereocenters. The van der Waals surface area contributed by atoms with Crippen LogP contribution in [0.15, 0.2) is 46.9 Å². The van der Waals surface area contributed by atoms with E-state index in [-0.39, 0.29) is 0 Å². The Morgan fingerprint density at radius 2 is 1.77 bits per heavy atom. The SMILES string of the molecule is COc1ccc(-c2ccccc2)o1. The smallest absolute Gasteiger partial charge is 0.284 e. The monoisotopic (exact) mass is 174 g/mol. The van der Waals surface area contributed by atoms with Gasteiger partial charge in [-0.05, 0) is 6.07 Å². The molecule has 1 heterocycles. The normalized spacial score (nSPS) is 9.92. The summed E-state index contributed by atoms with van der Waals surface area (Å²) in [5, 5.41) is 0. The van der Waals surface area contributed by atoms with Crippen LogP contribution in [-0.4, -0.2) is 7.11 Å². The summed E-state index contributed by atoms with van der Waals surface area (Å²) in [4.78, 5) is 0. The Kier molecular flexibility index (Phi) is 2.04. The number of methoxy groups -OCH3 is 1. The van der Waals surface area contributed by atoms with Crippen molar-refractivity contribution in [2.45, 2.75) is 0 Å². The topological polar surface area (TPSA) is 22.4 Å². The van der Waals surface area contributed by atoms with Crippen LogP contribution in [0.3, 0.4) is 0 Å². The van der Waals surface area contributed by atoms with Crippen LogP contribution in [0.2, 0.25) is 0 Å². The van der Waals surface area contributed by atoms with Gasteiger partial charge < -0.3 is 9.15 Å². The zero-order valence-corrected chi connectivity index (χ0v) is 7.36. The molecule has 0 amide bonds. The molecule has 1 aromatic heterocycles. The standard InChI is InChI=1S/C11H10O2/c1-12-11-8-7-10(13-11)9-5-3-2-4-6-9/h2-8H,1H3. The lowest BCUT2D eigenvalue weighted by atomic mass is 10.2. The summed E-state index contributed by atoms with van der Waals surface area (Å²) in [6, 6.07) is 13.6. The van der Waals surface area contributed by atoms with E-state index < -0.39 is 0 Å². The van der Waals surface area contributed by atoms with Crippen LogP contribution in [0.4, 0.5) is 0 Å². The van der Waals surface area contributed by atoms with Gasteiger partial charge in [-0.1, -0.05) is 30.3 Å². The van der Waals surface area contributed by atoms with Gasteiger partial charge in [0.25, 0.3) is 5.95 Å². The molecule has 66 valence electrons. The van der Waals surface area contributed by atoms with Gasteiger partial charge in [0.1, 0.15) is 5.76 Å². The van der Waals surface area contributed by atoms with E-state index in [2.05, 4.69) is 0 Å². The minimum atomic E-state index is 0.541. The van der Waals surface area contributed by atoms with Gasteiger partial charge in [0, 0.05) is 11.6 Å². The molecule has 0 aliphatic heterocycles. The predicted octanol–water partition coefficient (Wildman–Crippen LogP) is 2.96. The van der Waals surface area contributed by atoms with Crippen molar-refractivity contribution in [1.29, 1.82) is 0 Å². The molecule has 0 radical (unpaired) electrons. The van der Waals surface area contributed by atoms with Crippen molar-refractivity contribution in [1.82, 2.24) is 0 Å². The first-order valence-electron chi connectivity index (χ1n) is 4.09. The van der Waals surface area contributed by atoms with E-state index in [0.717, 1.165) is 11.3 Å². The van der Waals surface area contributed by atoms with Crippen LogP contribution in [0.1, 0.15) is 0 Å². The number of ether oxygens (including phenoxy) is 1. The van der Waals surface area contributed by atoms with Crippen molar-refractivity contribution in [3.05, 3.63) is 42.5 Å². The van der Waals surface area contributed by atoms with E-state index in [9.17, 15) is 0 Å². The van der Waals surface area contributed by atoms with Gasteiger partial charge in [-0.2, -0.15) is 0 Å². The second-order valence-corrected chi connectivity index (χ2v) is 2.69. The Morgan fingerprint density at radius 1 is 1.00 bits per heavy atom. The van der Waals surface area contributed by atoms with Crippen molar-refractivity contribution in [3.63, 3.8) is 0 Å². The number of benzene rings is 1. The number of furan rings is 1. The second kappa shape index (κ2) is 3.35. The van der Waals surface area contributed by atoms with E-state index in [1.54, 1.807) is 7.11 Å². The van der Waals surface area contributed by atoms with Crippen LogP contribution < -0.4 is 4.74 Å². The molecule has 2 rings (SSSR count). The van der Waals surface area contributed by atoms with Crippen LogP contribution in [0.25, 0.3) is 11.3 Å². The highest BCUT2D eigenvalue weighted by atomic mass is 16.6. The molecule has 0 fully saturated rings. The van der Waals surface area contributed by atoms with Gasteiger partial charge in [0.2, 0.25) is 0 Å². The molecule has 2 aromatic rings. The van der Waals surface area contributed by atoms with Crippen LogP contribution in [-0.2, 0) is 0 Å². The summed E-state index contributed by atoms with van der Waals surface area (Å²) in [7, 11) is 1.59. The average Bonchev–Trinajstić information content (AvgIpc) is 2.67. The first-order valence-corrected chi connectivity index (χ1v) is 4.09. The fraction of sp³-hybridized carbons (Fsp3) is 0.0909. The van der Waals surface area contributed by atoms with Crippen molar-refractivity contribution in [2.24, 2.45) is 0 Å². The summed E-state index contributed by atoms with van der Waals surface area (Å²) in [5.74, 6) is 1.37. The molecule has 0 aliphatic carbocycles. The molecule has 0 spiro atoms. The van der Waals surface area contributed by atoms with Gasteiger partial charge >= 0.3 is 0 Å². The summed E-state index contributed by atoms with van der Waals surface area (Å²) in [6.45, 7) is 0. The zero-order valence-electron chi connectivity index (χ0n) is 7.36. The number of hydrogen-bond acceptors (Lipinski definition) is 2. The van der Waals surface area contributed by atoms with E-state index in [0.29, 0.717) is 5.95 Å². The van der Waals surface area contributed by atoms with Crippen LogP contribution in [0, 0.1) is 0 Å². The molecule has 2 nitrogen and oxygen atoms in total. The van der Waals surface area contributed by atoms with Crippen molar-refractivity contribution >= 4 is 0 Å². The molecule has 0 aliphatic rings. The largest absolute Gasteiger partial charge is 0.468 e. The maximum absolute atomic E-state index is 5.40. The third kappa shape index (κ3) is 1.56. The lowest BCUT2D eigenvalue weighted by Gasteiger charge is -1.95. The van der Waals surface area contributed by atoms with Crippen molar-refractivity contribution in [3.8, 4) is 17.3 Å². The van der Waals surface area contributed by atoms with E-state index in [1.165, 1.54) is 0 Å². The lowest BCUT2D eigenvalue weighted by molar-refractivity contribution is 0.309. The van der Waals surface area contributed by atoms with E-state index in [1.807, 2.05) is 42.5 Å². The predicted molar refractivity (Wildman–Crippen MR) is 50.7 cm³/mol. The highest BCUT2D eigenvalue weighted by Crippen LogP contribution is 2.25. The summed E-state index contributed by atoms with van der Waals surface area (Å²) >= 11 is 0. The average molecular weight is 174 g/mol. The zero-order chi connectivity index (χ0) is 9.10. The first kappa shape index (κ1) is 7.92. The first-order chi connectivity index (χ1) is 6.40. The molecule has 0 bridgehead atoms. The quantitative estimate of drug-likeness (QED) is 0.698. The molecule has 2 heteroatoms. The summed E-state index contributed by atoms with van der Waals surface area (Å²) in [6.07, 6.45) is 0. The van der Waals surface area contributed by atoms with Gasteiger partial charge in [0.15, 0.2) is 0 Å². The van der Waals surface area contributed by atoms with Gasteiger partial charge in [0.05, 0.1) is 7.11 Å². The fourth-order valence-electron chi connectivity index (χ4n) is 1.19. The Labute approximate surface area is 76.8 Å². The third-order valence-corrected chi connectivity index (χ3v) is 1.84. The molecular weight excluding hydrogens is 164 g/mol. The lowest BCUT2D eigenvalue weighted by Crippen LogP contribution is -1.76. The molecule has 0 saturated heterocycles. The Balaban J connectivity index is 2.36. The Morgan fingerprint density at radius 3 is 2.38 bits per heavy atom. The molecule has 0 N–H and O–H groups in total. The Hall–Kier alpha value is -1.70. The molecular formula is C11H10O2. The minimum Gasteiger partial charge on any atom is -0.468 e.